The molecule has 0 aliphatic heterocycles. The Morgan fingerprint density at radius 1 is 1.11 bits per heavy atom. The predicted molar refractivity (Wildman–Crippen MR) is 77.9 cm³/mol. The summed E-state index contributed by atoms with van der Waals surface area (Å²) in [6, 6.07) is 12.7. The predicted octanol–water partition coefficient (Wildman–Crippen LogP) is 2.75. The first kappa shape index (κ1) is 13.7. The summed E-state index contributed by atoms with van der Waals surface area (Å²) in [5.74, 6) is 0. The zero-order chi connectivity index (χ0) is 14.0. The Labute approximate surface area is 117 Å². The third-order valence-corrected chi connectivity index (χ3v) is 4.75. The fourth-order valence-electron chi connectivity index (χ4n) is 1.61. The fourth-order valence-corrected chi connectivity index (χ4v) is 2.98. The van der Waals surface area contributed by atoms with E-state index >= 15 is 0 Å². The molecule has 0 radical (unpaired) electrons. The van der Waals surface area contributed by atoms with Crippen LogP contribution in [0.3, 0.4) is 0 Å². The molecule has 0 aliphatic carbocycles. The van der Waals surface area contributed by atoms with Crippen LogP contribution < -0.4 is 10.0 Å². The van der Waals surface area contributed by atoms with Crippen molar-refractivity contribution < 1.29 is 8.42 Å². The molecule has 19 heavy (non-hydrogen) atoms. The topological polar surface area (TPSA) is 63.4 Å². The summed E-state index contributed by atoms with van der Waals surface area (Å²) in [6.07, 6.45) is 0. The molecule has 0 heterocycles. The molecule has 0 bridgehead atoms. The highest BCUT2D eigenvalue weighted by molar-refractivity contribution is 7.92. The van der Waals surface area contributed by atoms with Crippen molar-refractivity contribution in [1.82, 2.24) is 0 Å². The molecule has 0 atom stereocenters. The molecule has 2 N–H and O–H groups in total. The van der Waals surface area contributed by atoms with E-state index in [4.69, 9.17) is 17.3 Å². The number of hydrogen-bond donors (Lipinski definition) is 1. The highest BCUT2D eigenvalue weighted by Crippen LogP contribution is 2.24. The van der Waals surface area contributed by atoms with Crippen molar-refractivity contribution in [3.63, 3.8) is 0 Å². The highest BCUT2D eigenvalue weighted by atomic mass is 35.5. The third-order valence-electron chi connectivity index (χ3n) is 2.71. The van der Waals surface area contributed by atoms with Crippen molar-refractivity contribution in [2.45, 2.75) is 4.90 Å². The lowest BCUT2D eigenvalue weighted by atomic mass is 10.3. The van der Waals surface area contributed by atoms with Gasteiger partial charge >= 0.3 is 0 Å². The van der Waals surface area contributed by atoms with Gasteiger partial charge in [-0.05, 0) is 42.5 Å². The Hall–Kier alpha value is -1.72. The van der Waals surface area contributed by atoms with E-state index in [1.807, 2.05) is 0 Å². The van der Waals surface area contributed by atoms with Crippen LogP contribution in [0.25, 0.3) is 0 Å². The molecule has 0 amide bonds. The van der Waals surface area contributed by atoms with Crippen LogP contribution in [0.4, 0.5) is 11.4 Å². The van der Waals surface area contributed by atoms with Crippen LogP contribution in [0.2, 0.25) is 5.02 Å². The molecule has 0 saturated carbocycles. The maximum Gasteiger partial charge on any atom is 0.264 e. The van der Waals surface area contributed by atoms with E-state index in [9.17, 15) is 8.42 Å². The summed E-state index contributed by atoms with van der Waals surface area (Å²) in [7, 11) is -2.12. The second kappa shape index (κ2) is 5.11. The maximum atomic E-state index is 12.4. The number of nitrogens with two attached hydrogens (primary N) is 1. The second-order valence-corrected chi connectivity index (χ2v) is 6.43. The summed E-state index contributed by atoms with van der Waals surface area (Å²) < 4.78 is 26.0. The first-order valence-corrected chi connectivity index (χ1v) is 7.33. The van der Waals surface area contributed by atoms with Gasteiger partial charge < -0.3 is 5.73 Å². The van der Waals surface area contributed by atoms with E-state index in [1.165, 1.54) is 23.5 Å². The number of benzene rings is 2. The number of halogens is 1. The van der Waals surface area contributed by atoms with Crippen molar-refractivity contribution in [2.24, 2.45) is 0 Å². The second-order valence-electron chi connectivity index (χ2n) is 4.02. The largest absolute Gasteiger partial charge is 0.399 e. The first-order chi connectivity index (χ1) is 8.91. The third kappa shape index (κ3) is 2.83. The van der Waals surface area contributed by atoms with Gasteiger partial charge in [-0.3, -0.25) is 4.31 Å². The molecule has 0 spiro atoms. The Morgan fingerprint density at radius 3 is 2.32 bits per heavy atom. The van der Waals surface area contributed by atoms with Crippen LogP contribution in [-0.2, 0) is 10.0 Å². The van der Waals surface area contributed by atoms with Crippen LogP contribution >= 0.6 is 11.6 Å². The van der Waals surface area contributed by atoms with Gasteiger partial charge in [0.05, 0.1) is 10.6 Å². The Balaban J connectivity index is 2.42. The fraction of sp³-hybridized carbons (Fsp3) is 0.0769. The summed E-state index contributed by atoms with van der Waals surface area (Å²) in [5, 5.41) is 0.483. The summed E-state index contributed by atoms with van der Waals surface area (Å²) >= 11 is 5.87. The number of hydrogen-bond acceptors (Lipinski definition) is 3. The Morgan fingerprint density at radius 2 is 1.74 bits per heavy atom. The monoisotopic (exact) mass is 296 g/mol. The quantitative estimate of drug-likeness (QED) is 0.886. The molecule has 0 saturated heterocycles. The lowest BCUT2D eigenvalue weighted by molar-refractivity contribution is 0.594. The number of rotatable bonds is 3. The molecule has 2 rings (SSSR count). The number of sulfonamides is 1. The first-order valence-electron chi connectivity index (χ1n) is 5.51. The minimum absolute atomic E-state index is 0.184. The minimum atomic E-state index is -3.61. The highest BCUT2D eigenvalue weighted by Gasteiger charge is 2.21. The average Bonchev–Trinajstić information content (AvgIpc) is 2.38. The van der Waals surface area contributed by atoms with Crippen LogP contribution in [0, 0.1) is 0 Å². The molecular formula is C13H13ClN2O2S. The van der Waals surface area contributed by atoms with Gasteiger partial charge in [-0.1, -0.05) is 17.7 Å². The van der Waals surface area contributed by atoms with E-state index in [2.05, 4.69) is 0 Å². The molecule has 0 aliphatic rings. The van der Waals surface area contributed by atoms with E-state index in [-0.39, 0.29) is 4.90 Å². The standard InChI is InChI=1S/C13H13ClN2O2S/c1-16(12-4-2-3-10(14)9-12)19(17,18)13-7-5-11(15)6-8-13/h2-9H,15H2,1H3. The van der Waals surface area contributed by atoms with Crippen LogP contribution in [-0.4, -0.2) is 15.5 Å². The molecule has 2 aromatic rings. The van der Waals surface area contributed by atoms with Gasteiger partial charge in [0.25, 0.3) is 10.0 Å². The van der Waals surface area contributed by atoms with Crippen molar-refractivity contribution in [3.05, 3.63) is 53.6 Å². The number of nitrogen functional groups attached to an aromatic ring is 1. The lowest BCUT2D eigenvalue weighted by Crippen LogP contribution is -2.26. The zero-order valence-electron chi connectivity index (χ0n) is 10.2. The summed E-state index contributed by atoms with van der Waals surface area (Å²) in [4.78, 5) is 0.184. The van der Waals surface area contributed by atoms with Crippen LogP contribution in [0.15, 0.2) is 53.4 Å². The molecule has 0 aromatic heterocycles. The molecule has 0 unspecified atom stereocenters. The number of nitrogens with zero attached hydrogens (tertiary/aromatic N) is 1. The molecule has 100 valence electrons. The van der Waals surface area contributed by atoms with Crippen molar-refractivity contribution in [2.75, 3.05) is 17.1 Å². The van der Waals surface area contributed by atoms with Crippen LogP contribution in [0.5, 0.6) is 0 Å². The van der Waals surface area contributed by atoms with Gasteiger partial charge in [0.2, 0.25) is 0 Å². The molecule has 4 nitrogen and oxygen atoms in total. The van der Waals surface area contributed by atoms with E-state index < -0.39 is 10.0 Å². The smallest absolute Gasteiger partial charge is 0.264 e. The van der Waals surface area contributed by atoms with Gasteiger partial charge in [-0.25, -0.2) is 8.42 Å². The average molecular weight is 297 g/mol. The van der Waals surface area contributed by atoms with E-state index in [0.29, 0.717) is 16.4 Å². The molecule has 6 heteroatoms. The van der Waals surface area contributed by atoms with Gasteiger partial charge in [0, 0.05) is 17.8 Å². The van der Waals surface area contributed by atoms with Crippen molar-refractivity contribution in [3.8, 4) is 0 Å². The Bertz CT molecular complexity index is 684. The SMILES string of the molecule is CN(c1cccc(Cl)c1)S(=O)(=O)c1ccc(N)cc1. The zero-order valence-corrected chi connectivity index (χ0v) is 11.8. The number of anilines is 2. The lowest BCUT2D eigenvalue weighted by Gasteiger charge is -2.19. The van der Waals surface area contributed by atoms with Crippen LogP contribution in [0.1, 0.15) is 0 Å². The molecule has 0 fully saturated rings. The van der Waals surface area contributed by atoms with Crippen molar-refractivity contribution >= 4 is 33.0 Å². The molecular weight excluding hydrogens is 284 g/mol. The summed E-state index contributed by atoms with van der Waals surface area (Å²) in [5.41, 5.74) is 6.57. The maximum absolute atomic E-state index is 12.4. The van der Waals surface area contributed by atoms with Gasteiger partial charge in [0.1, 0.15) is 0 Å². The van der Waals surface area contributed by atoms with Gasteiger partial charge in [-0.15, -0.1) is 0 Å². The van der Waals surface area contributed by atoms with E-state index in [0.717, 1.165) is 0 Å². The van der Waals surface area contributed by atoms with Crippen molar-refractivity contribution in [1.29, 1.82) is 0 Å². The van der Waals surface area contributed by atoms with E-state index in [1.54, 1.807) is 36.4 Å². The Kier molecular flexibility index (Phi) is 3.68. The molecule has 2 aromatic carbocycles. The van der Waals surface area contributed by atoms with Gasteiger partial charge in [-0.2, -0.15) is 0 Å². The van der Waals surface area contributed by atoms with Gasteiger partial charge in [0.15, 0.2) is 0 Å². The summed E-state index contributed by atoms with van der Waals surface area (Å²) in [6.45, 7) is 0. The normalized spacial score (nSPS) is 11.3. The minimum Gasteiger partial charge on any atom is -0.399 e.